The number of aliphatic hydroxyl groups excluding tert-OH is 1. The maximum atomic E-state index is 10.3. The molecule has 12 atom stereocenters. The van der Waals surface area contributed by atoms with Crippen molar-refractivity contribution >= 4 is 0 Å². The highest BCUT2D eigenvalue weighted by Crippen LogP contribution is 2.74. The Morgan fingerprint density at radius 2 is 1.69 bits per heavy atom. The van der Waals surface area contributed by atoms with Gasteiger partial charge >= 0.3 is 0 Å². The van der Waals surface area contributed by atoms with Crippen LogP contribution in [0.2, 0.25) is 0 Å². The van der Waals surface area contributed by atoms with Crippen molar-refractivity contribution in [2.75, 3.05) is 13.7 Å². The van der Waals surface area contributed by atoms with Crippen LogP contribution < -0.4 is 0 Å². The third kappa shape index (κ3) is 2.76. The molecule has 2 aliphatic heterocycles. The number of hydrogen-bond donors (Lipinski definition) is 1. The zero-order chi connectivity index (χ0) is 22.5. The van der Waals surface area contributed by atoms with Gasteiger partial charge in [-0.3, -0.25) is 0 Å². The van der Waals surface area contributed by atoms with Crippen LogP contribution in [0.5, 0.6) is 0 Å². The van der Waals surface area contributed by atoms with Gasteiger partial charge in [-0.15, -0.1) is 0 Å². The summed E-state index contributed by atoms with van der Waals surface area (Å²) in [5.41, 5.74) is 0.682. The van der Waals surface area contributed by atoms with Crippen LogP contribution in [-0.2, 0) is 14.2 Å². The van der Waals surface area contributed by atoms with Gasteiger partial charge < -0.3 is 19.3 Å². The van der Waals surface area contributed by atoms with Crippen molar-refractivity contribution in [3.63, 3.8) is 0 Å². The Labute approximate surface area is 195 Å². The van der Waals surface area contributed by atoms with Crippen LogP contribution in [0.15, 0.2) is 0 Å². The molecule has 4 aliphatic carbocycles. The molecule has 182 valence electrons. The fourth-order valence-electron chi connectivity index (χ4n) is 10.6. The van der Waals surface area contributed by atoms with Gasteiger partial charge in [0.2, 0.25) is 0 Å². The van der Waals surface area contributed by atoms with Gasteiger partial charge in [-0.2, -0.15) is 0 Å². The predicted molar refractivity (Wildman–Crippen MR) is 124 cm³/mol. The summed E-state index contributed by atoms with van der Waals surface area (Å²) in [4.78, 5) is 0. The van der Waals surface area contributed by atoms with Gasteiger partial charge in [0.25, 0.3) is 0 Å². The van der Waals surface area contributed by atoms with Crippen LogP contribution in [0.4, 0.5) is 0 Å². The van der Waals surface area contributed by atoms with Gasteiger partial charge in [0.1, 0.15) is 0 Å². The van der Waals surface area contributed by atoms with E-state index in [1.165, 1.54) is 38.5 Å². The topological polar surface area (TPSA) is 47.9 Å². The van der Waals surface area contributed by atoms with Crippen molar-refractivity contribution in [3.8, 4) is 0 Å². The Bertz CT molecular complexity index is 746. The number of rotatable bonds is 1. The quantitative estimate of drug-likeness (QED) is 0.556. The highest BCUT2D eigenvalue weighted by molar-refractivity contribution is 5.18. The van der Waals surface area contributed by atoms with Gasteiger partial charge in [-0.05, 0) is 91.8 Å². The molecule has 0 aromatic rings. The van der Waals surface area contributed by atoms with Crippen LogP contribution >= 0.6 is 0 Å². The molecule has 1 spiro atoms. The molecular formula is C28H46O4. The lowest BCUT2D eigenvalue weighted by atomic mass is 9.44. The smallest absolute Gasteiger partial charge is 0.175 e. The highest BCUT2D eigenvalue weighted by Gasteiger charge is 2.75. The van der Waals surface area contributed by atoms with E-state index in [0.29, 0.717) is 35.0 Å². The molecule has 0 aromatic carbocycles. The Balaban J connectivity index is 1.32. The van der Waals surface area contributed by atoms with Crippen molar-refractivity contribution in [2.45, 2.75) is 110 Å². The molecular weight excluding hydrogens is 400 g/mol. The molecule has 12 unspecified atom stereocenters. The van der Waals surface area contributed by atoms with Gasteiger partial charge in [0.05, 0.1) is 12.7 Å². The average Bonchev–Trinajstić information content (AvgIpc) is 3.17. The number of fused-ring (bicyclic) bond motifs is 7. The van der Waals surface area contributed by atoms with E-state index < -0.39 is 11.6 Å². The number of aliphatic hydroxyl groups is 1. The normalized spacial score (nSPS) is 61.7. The van der Waals surface area contributed by atoms with E-state index in [4.69, 9.17) is 14.2 Å². The standard InChI is InChI=1S/C28H46O4/c1-17-8-13-27(31-16-17)18(2)24-26(4)12-10-22-21(23(26)15-28(24,30-5)32-27)7-6-19-14-20(29)9-11-25(19,22)3/h17-24,29H,6-16H2,1-5H3. The first-order chi connectivity index (χ1) is 15.2. The van der Waals surface area contributed by atoms with Crippen molar-refractivity contribution in [2.24, 2.45) is 52.3 Å². The summed E-state index contributed by atoms with van der Waals surface area (Å²) in [6.07, 6.45) is 11.7. The molecule has 0 aromatic heterocycles. The summed E-state index contributed by atoms with van der Waals surface area (Å²) < 4.78 is 19.9. The van der Waals surface area contributed by atoms with Gasteiger partial charge in [0, 0.05) is 31.8 Å². The molecule has 2 heterocycles. The third-order valence-corrected chi connectivity index (χ3v) is 12.2. The molecule has 2 saturated heterocycles. The summed E-state index contributed by atoms with van der Waals surface area (Å²) in [5.74, 6) is 3.46. The maximum absolute atomic E-state index is 10.3. The molecule has 0 radical (unpaired) electrons. The number of hydrogen-bond acceptors (Lipinski definition) is 4. The molecule has 32 heavy (non-hydrogen) atoms. The van der Waals surface area contributed by atoms with Crippen molar-refractivity contribution < 1.29 is 19.3 Å². The van der Waals surface area contributed by atoms with Crippen LogP contribution in [0, 0.1) is 52.3 Å². The number of methoxy groups -OCH3 is 1. The second-order valence-corrected chi connectivity index (χ2v) is 13.5. The fourth-order valence-corrected chi connectivity index (χ4v) is 10.6. The maximum Gasteiger partial charge on any atom is 0.175 e. The van der Waals surface area contributed by atoms with Crippen LogP contribution in [0.3, 0.4) is 0 Å². The first-order valence-corrected chi connectivity index (χ1v) is 13.7. The largest absolute Gasteiger partial charge is 0.393 e. The molecule has 4 saturated carbocycles. The lowest BCUT2D eigenvalue weighted by Gasteiger charge is -2.61. The molecule has 6 rings (SSSR count). The first-order valence-electron chi connectivity index (χ1n) is 13.7. The van der Waals surface area contributed by atoms with E-state index in [0.717, 1.165) is 44.1 Å². The summed E-state index contributed by atoms with van der Waals surface area (Å²) in [5, 5.41) is 10.3. The summed E-state index contributed by atoms with van der Waals surface area (Å²) in [6, 6.07) is 0. The van der Waals surface area contributed by atoms with E-state index >= 15 is 0 Å². The lowest BCUT2D eigenvalue weighted by molar-refractivity contribution is -0.337. The Morgan fingerprint density at radius 1 is 0.906 bits per heavy atom. The molecule has 0 bridgehead atoms. The Kier molecular flexibility index (Phi) is 5.01. The predicted octanol–water partition coefficient (Wildman–Crippen LogP) is 5.77. The highest BCUT2D eigenvalue weighted by atomic mass is 16.8. The van der Waals surface area contributed by atoms with Crippen LogP contribution in [0.25, 0.3) is 0 Å². The molecule has 4 nitrogen and oxygen atoms in total. The van der Waals surface area contributed by atoms with E-state index in [2.05, 4.69) is 27.7 Å². The van der Waals surface area contributed by atoms with Gasteiger partial charge in [-0.25, -0.2) is 0 Å². The van der Waals surface area contributed by atoms with Crippen LogP contribution in [-0.4, -0.2) is 36.5 Å². The SMILES string of the molecule is COC12CC3C4CCC5CC(O)CCC5(C)C4CCC3(C)C1C(C)C1(CCC(C)CO1)O2. The minimum atomic E-state index is -0.477. The molecule has 6 aliphatic rings. The molecule has 4 heteroatoms. The minimum absolute atomic E-state index is 0.0651. The van der Waals surface area contributed by atoms with E-state index in [-0.39, 0.29) is 11.5 Å². The van der Waals surface area contributed by atoms with Crippen molar-refractivity contribution in [1.29, 1.82) is 0 Å². The minimum Gasteiger partial charge on any atom is -0.393 e. The van der Waals surface area contributed by atoms with E-state index in [1.54, 1.807) is 0 Å². The van der Waals surface area contributed by atoms with E-state index in [1.807, 2.05) is 7.11 Å². The third-order valence-electron chi connectivity index (χ3n) is 12.2. The van der Waals surface area contributed by atoms with Gasteiger partial charge in [0.15, 0.2) is 11.6 Å². The van der Waals surface area contributed by atoms with Crippen LogP contribution in [0.1, 0.15) is 91.9 Å². The molecule has 1 N–H and O–H groups in total. The Hall–Kier alpha value is -0.160. The zero-order valence-corrected chi connectivity index (χ0v) is 21.1. The Morgan fingerprint density at radius 3 is 2.41 bits per heavy atom. The molecule has 0 amide bonds. The molecule has 6 fully saturated rings. The summed E-state index contributed by atoms with van der Waals surface area (Å²) in [6.45, 7) is 10.7. The van der Waals surface area contributed by atoms with Crippen molar-refractivity contribution in [1.82, 2.24) is 0 Å². The second-order valence-electron chi connectivity index (χ2n) is 13.5. The lowest BCUT2D eigenvalue weighted by Crippen LogP contribution is -2.55. The summed E-state index contributed by atoms with van der Waals surface area (Å²) >= 11 is 0. The summed E-state index contributed by atoms with van der Waals surface area (Å²) in [7, 11) is 1.89. The monoisotopic (exact) mass is 446 g/mol. The first kappa shape index (κ1) is 22.3. The average molecular weight is 447 g/mol. The zero-order valence-electron chi connectivity index (χ0n) is 21.1. The van der Waals surface area contributed by atoms with Gasteiger partial charge in [-0.1, -0.05) is 27.7 Å². The fraction of sp³-hybridized carbons (Fsp3) is 1.00. The second kappa shape index (κ2) is 7.18. The number of ether oxygens (including phenoxy) is 3. The van der Waals surface area contributed by atoms with E-state index in [9.17, 15) is 5.11 Å². The van der Waals surface area contributed by atoms with Crippen molar-refractivity contribution in [3.05, 3.63) is 0 Å².